The number of methoxy groups -OCH3 is 2. The zero-order valence-electron chi connectivity index (χ0n) is 14.9. The highest BCUT2D eigenvalue weighted by Gasteiger charge is 2.38. The Morgan fingerprint density at radius 3 is 1.79 bits per heavy atom. The highest BCUT2D eigenvalue weighted by Crippen LogP contribution is 2.39. The number of nitrogens with zero attached hydrogens (tertiary/aromatic N) is 1. The van der Waals surface area contributed by atoms with Crippen LogP contribution in [0, 0.1) is 0 Å². The molecule has 0 radical (unpaired) electrons. The smallest absolute Gasteiger partial charge is 0.416 e. The number of rotatable bonds is 3. The monoisotopic (exact) mass is 421 g/mol. The summed E-state index contributed by atoms with van der Waals surface area (Å²) in [7, 11) is 1.93. The van der Waals surface area contributed by atoms with E-state index in [1.165, 1.54) is 12.2 Å². The number of esters is 2. The molecule has 1 aromatic carbocycles. The Morgan fingerprint density at radius 2 is 1.34 bits per heavy atom. The van der Waals surface area contributed by atoms with Gasteiger partial charge in [0.25, 0.3) is 0 Å². The van der Waals surface area contributed by atoms with Crippen molar-refractivity contribution in [2.45, 2.75) is 12.4 Å². The Morgan fingerprint density at radius 1 is 0.828 bits per heavy atom. The fourth-order valence-corrected chi connectivity index (χ4v) is 2.44. The molecule has 0 fully saturated rings. The fraction of sp³-hybridized carbons (Fsp3) is 0.222. The van der Waals surface area contributed by atoms with Gasteiger partial charge < -0.3 is 14.4 Å². The van der Waals surface area contributed by atoms with E-state index in [1.54, 1.807) is 0 Å². The van der Waals surface area contributed by atoms with Crippen molar-refractivity contribution in [3.63, 3.8) is 0 Å². The van der Waals surface area contributed by atoms with E-state index in [2.05, 4.69) is 9.47 Å². The molecule has 0 atom stereocenters. The lowest BCUT2D eigenvalue weighted by Crippen LogP contribution is -2.27. The molecule has 1 aliphatic rings. The van der Waals surface area contributed by atoms with Crippen molar-refractivity contribution in [3.05, 3.63) is 65.0 Å². The van der Waals surface area contributed by atoms with Gasteiger partial charge in [0, 0.05) is 11.9 Å². The number of hydrogen-bond acceptors (Lipinski definition) is 5. The van der Waals surface area contributed by atoms with E-state index in [-0.39, 0.29) is 6.07 Å². The number of benzene rings is 1. The van der Waals surface area contributed by atoms with Crippen LogP contribution in [0.25, 0.3) is 0 Å². The van der Waals surface area contributed by atoms with Crippen LogP contribution in [0.15, 0.2) is 53.9 Å². The summed E-state index contributed by atoms with van der Waals surface area (Å²) in [6, 6.07) is 0.789. The molecular weight excluding hydrogens is 408 g/mol. The molecule has 29 heavy (non-hydrogen) atoms. The summed E-state index contributed by atoms with van der Waals surface area (Å²) in [5.74, 6) is -2.22. The average molecular weight is 421 g/mol. The molecule has 0 saturated carbocycles. The molecule has 0 saturated heterocycles. The van der Waals surface area contributed by atoms with Crippen molar-refractivity contribution < 1.29 is 45.4 Å². The SMILES string of the molecule is COC(=O)C1=C(C(=O)OC)N(c2cc(C(F)(F)F)cc(C(F)(F)F)c2)C=CC=C1. The Balaban J connectivity index is 2.82. The normalized spacial score (nSPS) is 14.7. The van der Waals surface area contributed by atoms with Gasteiger partial charge >= 0.3 is 24.3 Å². The van der Waals surface area contributed by atoms with Crippen LogP contribution in [0.2, 0.25) is 0 Å². The zero-order valence-corrected chi connectivity index (χ0v) is 14.9. The molecule has 1 aliphatic heterocycles. The van der Waals surface area contributed by atoms with Crippen molar-refractivity contribution in [1.82, 2.24) is 0 Å². The highest BCUT2D eigenvalue weighted by molar-refractivity contribution is 6.05. The highest BCUT2D eigenvalue weighted by atomic mass is 19.4. The molecule has 0 aromatic heterocycles. The third kappa shape index (κ3) is 4.79. The Labute approximate surface area is 160 Å². The topological polar surface area (TPSA) is 55.8 Å². The summed E-state index contributed by atoms with van der Waals surface area (Å²) in [5.41, 5.74) is -4.87. The van der Waals surface area contributed by atoms with E-state index in [1.807, 2.05) is 0 Å². The quantitative estimate of drug-likeness (QED) is 0.541. The molecule has 0 aliphatic carbocycles. The first kappa shape index (κ1) is 22.1. The summed E-state index contributed by atoms with van der Waals surface area (Å²) >= 11 is 0. The second-order valence-electron chi connectivity index (χ2n) is 5.58. The van der Waals surface area contributed by atoms with Crippen LogP contribution in [-0.2, 0) is 31.4 Å². The van der Waals surface area contributed by atoms with Crippen LogP contribution in [-0.4, -0.2) is 26.2 Å². The second-order valence-corrected chi connectivity index (χ2v) is 5.58. The Bertz CT molecular complexity index is 880. The number of alkyl halides is 6. The predicted molar refractivity (Wildman–Crippen MR) is 88.3 cm³/mol. The van der Waals surface area contributed by atoms with E-state index in [4.69, 9.17) is 0 Å². The van der Waals surface area contributed by atoms with Crippen LogP contribution in [0.3, 0.4) is 0 Å². The number of allylic oxidation sites excluding steroid dienone is 2. The predicted octanol–water partition coefficient (Wildman–Crippen LogP) is 4.21. The number of ether oxygens (including phenoxy) is 2. The third-order valence-corrected chi connectivity index (χ3v) is 3.74. The van der Waals surface area contributed by atoms with Crippen LogP contribution in [0.1, 0.15) is 11.1 Å². The minimum atomic E-state index is -5.09. The third-order valence-electron chi connectivity index (χ3n) is 3.74. The van der Waals surface area contributed by atoms with Crippen molar-refractivity contribution >= 4 is 17.6 Å². The van der Waals surface area contributed by atoms with Crippen molar-refractivity contribution in [2.75, 3.05) is 19.1 Å². The number of hydrogen-bond donors (Lipinski definition) is 0. The van der Waals surface area contributed by atoms with Crippen molar-refractivity contribution in [3.8, 4) is 0 Å². The van der Waals surface area contributed by atoms with E-state index in [9.17, 15) is 35.9 Å². The molecule has 5 nitrogen and oxygen atoms in total. The van der Waals surface area contributed by atoms with E-state index >= 15 is 0 Å². The molecule has 0 spiro atoms. The molecule has 2 rings (SSSR count). The second kappa shape index (κ2) is 8.02. The van der Waals surface area contributed by atoms with Gasteiger partial charge in [-0.2, -0.15) is 26.3 Å². The molecule has 0 bridgehead atoms. The molecule has 1 aromatic rings. The van der Waals surface area contributed by atoms with E-state index in [0.29, 0.717) is 17.0 Å². The van der Waals surface area contributed by atoms with Gasteiger partial charge in [0.1, 0.15) is 5.70 Å². The summed E-state index contributed by atoms with van der Waals surface area (Å²) in [6.45, 7) is 0. The summed E-state index contributed by atoms with van der Waals surface area (Å²) in [6.07, 6.45) is -5.57. The first-order chi connectivity index (χ1) is 13.4. The van der Waals surface area contributed by atoms with Crippen LogP contribution >= 0.6 is 0 Å². The largest absolute Gasteiger partial charge is 0.465 e. The van der Waals surface area contributed by atoms with Gasteiger partial charge in [-0.15, -0.1) is 0 Å². The molecule has 0 unspecified atom stereocenters. The van der Waals surface area contributed by atoms with Crippen LogP contribution < -0.4 is 4.90 Å². The standard InChI is InChI=1S/C18H13F6NO4/c1-28-15(26)13-5-3-4-6-25(14(13)16(27)29-2)12-8-10(17(19,20)21)7-11(9-12)18(22,23)24/h3-9H,1-2H3. The van der Waals surface area contributed by atoms with Crippen molar-refractivity contribution in [2.24, 2.45) is 0 Å². The molecule has 156 valence electrons. The minimum Gasteiger partial charge on any atom is -0.465 e. The maximum atomic E-state index is 13.2. The van der Waals surface area contributed by atoms with Gasteiger partial charge in [-0.05, 0) is 30.4 Å². The maximum absolute atomic E-state index is 13.2. The van der Waals surface area contributed by atoms with Crippen LogP contribution in [0.4, 0.5) is 32.0 Å². The zero-order chi connectivity index (χ0) is 22.0. The lowest BCUT2D eigenvalue weighted by atomic mass is 10.1. The van der Waals surface area contributed by atoms with Gasteiger partial charge in [-0.3, -0.25) is 0 Å². The first-order valence-electron chi connectivity index (χ1n) is 7.74. The number of halogens is 6. The lowest BCUT2D eigenvalue weighted by Gasteiger charge is -2.25. The van der Waals surface area contributed by atoms with Crippen LogP contribution in [0.5, 0.6) is 0 Å². The minimum absolute atomic E-state index is 0.0496. The molecule has 0 amide bonds. The lowest BCUT2D eigenvalue weighted by molar-refractivity contribution is -0.143. The average Bonchev–Trinajstić information content (AvgIpc) is 2.88. The maximum Gasteiger partial charge on any atom is 0.416 e. The van der Waals surface area contributed by atoms with E-state index in [0.717, 1.165) is 26.5 Å². The van der Waals surface area contributed by atoms with Gasteiger partial charge in [0.2, 0.25) is 0 Å². The fourth-order valence-electron chi connectivity index (χ4n) is 2.44. The van der Waals surface area contributed by atoms with Gasteiger partial charge in [-0.25, -0.2) is 9.59 Å². The summed E-state index contributed by atoms with van der Waals surface area (Å²) < 4.78 is 88.1. The Kier molecular flexibility index (Phi) is 6.10. The molecule has 0 N–H and O–H groups in total. The first-order valence-corrected chi connectivity index (χ1v) is 7.74. The number of carbonyl (C=O) groups excluding carboxylic acids is 2. The molecule has 11 heteroatoms. The van der Waals surface area contributed by atoms with Gasteiger partial charge in [0.05, 0.1) is 30.9 Å². The van der Waals surface area contributed by atoms with Gasteiger partial charge in [-0.1, -0.05) is 6.08 Å². The Hall–Kier alpha value is -3.24. The van der Waals surface area contributed by atoms with Crippen molar-refractivity contribution in [1.29, 1.82) is 0 Å². The van der Waals surface area contributed by atoms with Gasteiger partial charge in [0.15, 0.2) is 0 Å². The number of anilines is 1. The van der Waals surface area contributed by atoms with E-state index < -0.39 is 52.4 Å². The number of carbonyl (C=O) groups is 2. The molecular formula is C18H13F6NO4. The summed E-state index contributed by atoms with van der Waals surface area (Å²) in [5, 5.41) is 0. The molecule has 1 heterocycles. The summed E-state index contributed by atoms with van der Waals surface area (Å²) in [4.78, 5) is 25.0.